The van der Waals surface area contributed by atoms with E-state index in [1.165, 1.54) is 64.2 Å². The maximum absolute atomic E-state index is 10.8. The number of hydrogen-bond acceptors (Lipinski definition) is 1. The van der Waals surface area contributed by atoms with Gasteiger partial charge in [0.05, 0.1) is 5.92 Å². The van der Waals surface area contributed by atoms with E-state index in [2.05, 4.69) is 18.8 Å². The Hall–Kier alpha value is -0.970. The molecule has 0 radical (unpaired) electrons. The van der Waals surface area contributed by atoms with Gasteiger partial charge in [-0.05, 0) is 38.0 Å². The Balaban J connectivity index is 2.13. The Morgan fingerprint density at radius 1 is 1.13 bits per heavy atom. The van der Waals surface area contributed by atoms with E-state index < -0.39 is 5.97 Å². The van der Waals surface area contributed by atoms with Crippen molar-refractivity contribution in [3.8, 4) is 11.8 Å². The lowest BCUT2D eigenvalue weighted by Crippen LogP contribution is -2.09. The van der Waals surface area contributed by atoms with Crippen molar-refractivity contribution in [2.75, 3.05) is 0 Å². The normalized spacial score (nSPS) is 21.7. The molecule has 1 fully saturated rings. The molecule has 1 saturated carbocycles. The molecule has 2 heteroatoms. The van der Waals surface area contributed by atoms with Gasteiger partial charge in [0, 0.05) is 12.3 Å². The fourth-order valence-corrected chi connectivity index (χ4v) is 3.57. The van der Waals surface area contributed by atoms with E-state index in [9.17, 15) is 4.79 Å². The summed E-state index contributed by atoms with van der Waals surface area (Å²) in [5.41, 5.74) is 0. The number of carbonyl (C=O) groups is 1. The van der Waals surface area contributed by atoms with Crippen LogP contribution in [0, 0.1) is 29.6 Å². The molecule has 132 valence electrons. The average Bonchev–Trinajstić information content (AvgIpc) is 2.97. The summed E-state index contributed by atoms with van der Waals surface area (Å²) in [4.78, 5) is 10.8. The van der Waals surface area contributed by atoms with Crippen molar-refractivity contribution >= 4 is 5.97 Å². The maximum Gasteiger partial charge on any atom is 0.306 e. The van der Waals surface area contributed by atoms with Crippen LogP contribution in [0.5, 0.6) is 0 Å². The van der Waals surface area contributed by atoms with Gasteiger partial charge in [-0.3, -0.25) is 4.79 Å². The van der Waals surface area contributed by atoms with E-state index >= 15 is 0 Å². The first-order valence-corrected chi connectivity index (χ1v) is 9.86. The van der Waals surface area contributed by atoms with E-state index in [4.69, 9.17) is 5.11 Å². The minimum Gasteiger partial charge on any atom is -0.481 e. The van der Waals surface area contributed by atoms with Crippen LogP contribution in [0.25, 0.3) is 0 Å². The Morgan fingerprint density at radius 3 is 2.65 bits per heavy atom. The molecule has 1 aliphatic rings. The highest BCUT2D eigenvalue weighted by atomic mass is 16.4. The van der Waals surface area contributed by atoms with Gasteiger partial charge in [-0.1, -0.05) is 64.7 Å². The summed E-state index contributed by atoms with van der Waals surface area (Å²) in [5, 5.41) is 8.88. The number of hydrogen-bond donors (Lipinski definition) is 1. The highest BCUT2D eigenvalue weighted by molar-refractivity contribution is 5.69. The molecule has 0 heterocycles. The first-order valence-electron chi connectivity index (χ1n) is 9.86. The highest BCUT2D eigenvalue weighted by Crippen LogP contribution is 2.35. The number of aliphatic carboxylic acids is 1. The molecule has 1 aliphatic carbocycles. The van der Waals surface area contributed by atoms with Crippen LogP contribution in [0.2, 0.25) is 0 Å². The molecule has 0 amide bonds. The molecular formula is C21H36O2. The summed E-state index contributed by atoms with van der Waals surface area (Å²) in [5.74, 6) is 7.58. The van der Waals surface area contributed by atoms with Crippen molar-refractivity contribution in [3.63, 3.8) is 0 Å². The molecule has 1 rings (SSSR count). The quantitative estimate of drug-likeness (QED) is 0.372. The first kappa shape index (κ1) is 20.1. The fraction of sp³-hybridized carbons (Fsp3) is 0.857. The number of carboxylic acids is 1. The number of carboxylic acid groups (broad SMARTS) is 1. The Kier molecular flexibility index (Phi) is 10.9. The van der Waals surface area contributed by atoms with Crippen LogP contribution >= 0.6 is 0 Å². The lowest BCUT2D eigenvalue weighted by Gasteiger charge is -2.14. The largest absolute Gasteiger partial charge is 0.481 e. The second kappa shape index (κ2) is 12.5. The Morgan fingerprint density at radius 2 is 1.91 bits per heavy atom. The first-order chi connectivity index (χ1) is 11.1. The van der Waals surface area contributed by atoms with Crippen molar-refractivity contribution in [1.82, 2.24) is 0 Å². The topological polar surface area (TPSA) is 37.3 Å². The molecule has 0 spiro atoms. The van der Waals surface area contributed by atoms with Gasteiger partial charge in [0.25, 0.3) is 0 Å². The number of rotatable bonds is 11. The molecule has 0 aromatic rings. The minimum absolute atomic E-state index is 0.187. The second-order valence-corrected chi connectivity index (χ2v) is 7.31. The Bertz CT molecular complexity index is 377. The molecular weight excluding hydrogens is 284 g/mol. The molecule has 23 heavy (non-hydrogen) atoms. The summed E-state index contributed by atoms with van der Waals surface area (Å²) in [6.07, 6.45) is 15.9. The summed E-state index contributed by atoms with van der Waals surface area (Å²) >= 11 is 0. The third kappa shape index (κ3) is 9.04. The predicted octanol–water partition coefficient (Wildman–Crippen LogP) is 6.05. The zero-order valence-electron chi connectivity index (χ0n) is 15.3. The van der Waals surface area contributed by atoms with Crippen molar-refractivity contribution in [2.24, 2.45) is 17.8 Å². The van der Waals surface area contributed by atoms with Crippen LogP contribution in [0.15, 0.2) is 0 Å². The highest BCUT2D eigenvalue weighted by Gasteiger charge is 2.24. The van der Waals surface area contributed by atoms with Crippen molar-refractivity contribution < 1.29 is 9.90 Å². The molecule has 1 N–H and O–H groups in total. The van der Waals surface area contributed by atoms with E-state index in [0.717, 1.165) is 25.2 Å². The zero-order chi connectivity index (χ0) is 16.9. The summed E-state index contributed by atoms with van der Waals surface area (Å²) in [6.45, 7) is 4.06. The van der Waals surface area contributed by atoms with Crippen LogP contribution in [0.4, 0.5) is 0 Å². The van der Waals surface area contributed by atoms with E-state index in [1.54, 1.807) is 0 Å². The van der Waals surface area contributed by atoms with Crippen molar-refractivity contribution in [3.05, 3.63) is 0 Å². The van der Waals surface area contributed by atoms with Gasteiger partial charge in [0.2, 0.25) is 0 Å². The van der Waals surface area contributed by atoms with Gasteiger partial charge in [-0.2, -0.15) is 0 Å². The molecule has 0 bridgehead atoms. The van der Waals surface area contributed by atoms with Crippen LogP contribution in [0.3, 0.4) is 0 Å². The molecule has 2 nitrogen and oxygen atoms in total. The van der Waals surface area contributed by atoms with Gasteiger partial charge in [-0.25, -0.2) is 0 Å². The molecule has 3 atom stereocenters. The van der Waals surface area contributed by atoms with Crippen LogP contribution in [0.1, 0.15) is 97.3 Å². The van der Waals surface area contributed by atoms with E-state index in [-0.39, 0.29) is 5.92 Å². The van der Waals surface area contributed by atoms with Crippen molar-refractivity contribution in [1.29, 1.82) is 0 Å². The van der Waals surface area contributed by atoms with E-state index in [1.807, 2.05) is 6.92 Å². The third-order valence-corrected chi connectivity index (χ3v) is 5.24. The van der Waals surface area contributed by atoms with Crippen molar-refractivity contribution in [2.45, 2.75) is 97.3 Å². The smallest absolute Gasteiger partial charge is 0.306 e. The lowest BCUT2D eigenvalue weighted by atomic mass is 9.90. The van der Waals surface area contributed by atoms with Crippen LogP contribution in [-0.2, 0) is 4.79 Å². The molecule has 0 saturated heterocycles. The lowest BCUT2D eigenvalue weighted by molar-refractivity contribution is -0.141. The van der Waals surface area contributed by atoms with Crippen LogP contribution < -0.4 is 0 Å². The standard InChI is InChI=1S/C21H36O2/c1-3-4-5-6-7-10-14-19-16-12-17-20(19)15-11-8-9-13-18(2)21(22)23/h18-20H,3-9,11-13,15-17H2,1-2H3,(H,22,23)/t18-,19+,20+/m1/s1. The fourth-order valence-electron chi connectivity index (χ4n) is 3.57. The van der Waals surface area contributed by atoms with Gasteiger partial charge in [0.1, 0.15) is 0 Å². The maximum atomic E-state index is 10.8. The number of unbranched alkanes of at least 4 members (excludes halogenated alkanes) is 6. The average molecular weight is 321 g/mol. The predicted molar refractivity (Wildman–Crippen MR) is 97.3 cm³/mol. The van der Waals surface area contributed by atoms with Gasteiger partial charge in [-0.15, -0.1) is 5.92 Å². The second-order valence-electron chi connectivity index (χ2n) is 7.31. The third-order valence-electron chi connectivity index (χ3n) is 5.24. The zero-order valence-corrected chi connectivity index (χ0v) is 15.3. The summed E-state index contributed by atoms with van der Waals surface area (Å²) in [7, 11) is 0. The summed E-state index contributed by atoms with van der Waals surface area (Å²) < 4.78 is 0. The van der Waals surface area contributed by atoms with Crippen LogP contribution in [-0.4, -0.2) is 11.1 Å². The van der Waals surface area contributed by atoms with E-state index in [0.29, 0.717) is 5.92 Å². The molecule has 0 aromatic heterocycles. The van der Waals surface area contributed by atoms with Gasteiger partial charge < -0.3 is 5.11 Å². The molecule has 0 aromatic carbocycles. The molecule has 0 aliphatic heterocycles. The SMILES string of the molecule is CCCCCCC#C[C@H]1CCC[C@@H]1CCCCC[C@@H](C)C(=O)O. The molecule has 0 unspecified atom stereocenters. The minimum atomic E-state index is -0.657. The summed E-state index contributed by atoms with van der Waals surface area (Å²) in [6, 6.07) is 0. The monoisotopic (exact) mass is 320 g/mol. The van der Waals surface area contributed by atoms with Gasteiger partial charge in [0.15, 0.2) is 0 Å². The van der Waals surface area contributed by atoms with Gasteiger partial charge >= 0.3 is 5.97 Å². The Labute approximate surface area is 143 Å².